The predicted octanol–water partition coefficient (Wildman–Crippen LogP) is 2.86. The number of oxazole rings is 1. The minimum Gasteiger partial charge on any atom is -0.441 e. The minimum atomic E-state index is -4.36. The summed E-state index contributed by atoms with van der Waals surface area (Å²) in [7, 11) is 0. The van der Waals surface area contributed by atoms with Gasteiger partial charge < -0.3 is 10.2 Å². The SMILES string of the molecule is NCCc1ncc(-c2cccc(C(F)(F)F)c2)o1. The van der Waals surface area contributed by atoms with Crippen LogP contribution in [0, 0.1) is 0 Å². The second-order valence-corrected chi connectivity index (χ2v) is 3.74. The average Bonchev–Trinajstić information content (AvgIpc) is 2.77. The molecule has 1 aromatic carbocycles. The van der Waals surface area contributed by atoms with Crippen molar-refractivity contribution >= 4 is 0 Å². The Morgan fingerprint density at radius 2 is 2.06 bits per heavy atom. The van der Waals surface area contributed by atoms with E-state index in [-0.39, 0.29) is 0 Å². The smallest absolute Gasteiger partial charge is 0.416 e. The monoisotopic (exact) mass is 256 g/mol. The summed E-state index contributed by atoms with van der Waals surface area (Å²) in [6.45, 7) is 0.378. The molecule has 0 unspecified atom stereocenters. The first-order chi connectivity index (χ1) is 8.50. The summed E-state index contributed by atoms with van der Waals surface area (Å²) in [5.41, 5.74) is 4.98. The van der Waals surface area contributed by atoms with Gasteiger partial charge in [-0.1, -0.05) is 12.1 Å². The van der Waals surface area contributed by atoms with Crippen LogP contribution in [0.1, 0.15) is 11.5 Å². The van der Waals surface area contributed by atoms with Crippen molar-refractivity contribution in [3.05, 3.63) is 41.9 Å². The van der Waals surface area contributed by atoms with Gasteiger partial charge in [-0.25, -0.2) is 4.98 Å². The van der Waals surface area contributed by atoms with Gasteiger partial charge in [0, 0.05) is 18.5 Å². The Kier molecular flexibility index (Phi) is 3.38. The van der Waals surface area contributed by atoms with Gasteiger partial charge in [0.2, 0.25) is 0 Å². The highest BCUT2D eigenvalue weighted by atomic mass is 19.4. The molecule has 3 nitrogen and oxygen atoms in total. The third-order valence-electron chi connectivity index (χ3n) is 2.39. The summed E-state index contributed by atoms with van der Waals surface area (Å²) < 4.78 is 43.0. The molecule has 0 aliphatic rings. The lowest BCUT2D eigenvalue weighted by atomic mass is 10.1. The van der Waals surface area contributed by atoms with Crippen LogP contribution < -0.4 is 5.73 Å². The van der Waals surface area contributed by atoms with E-state index in [1.54, 1.807) is 6.07 Å². The number of hydrogen-bond acceptors (Lipinski definition) is 3. The molecular weight excluding hydrogens is 245 g/mol. The van der Waals surface area contributed by atoms with E-state index in [9.17, 15) is 13.2 Å². The molecule has 18 heavy (non-hydrogen) atoms. The fourth-order valence-electron chi connectivity index (χ4n) is 1.53. The Bertz CT molecular complexity index is 534. The highest BCUT2D eigenvalue weighted by Crippen LogP contribution is 2.32. The molecule has 1 aromatic heterocycles. The van der Waals surface area contributed by atoms with Crippen molar-refractivity contribution in [2.24, 2.45) is 5.73 Å². The van der Waals surface area contributed by atoms with Crippen molar-refractivity contribution in [2.45, 2.75) is 12.6 Å². The van der Waals surface area contributed by atoms with Crippen LogP contribution in [0.5, 0.6) is 0 Å². The topological polar surface area (TPSA) is 52.0 Å². The molecule has 2 N–H and O–H groups in total. The number of alkyl halides is 3. The lowest BCUT2D eigenvalue weighted by Crippen LogP contribution is -2.04. The number of nitrogens with zero attached hydrogens (tertiary/aromatic N) is 1. The van der Waals surface area contributed by atoms with Crippen molar-refractivity contribution < 1.29 is 17.6 Å². The molecule has 0 fully saturated rings. The normalized spacial score (nSPS) is 11.8. The number of rotatable bonds is 3. The molecule has 0 amide bonds. The molecule has 0 aliphatic heterocycles. The molecule has 2 aromatic rings. The molecule has 6 heteroatoms. The maximum absolute atomic E-state index is 12.5. The third-order valence-corrected chi connectivity index (χ3v) is 2.39. The van der Waals surface area contributed by atoms with Gasteiger partial charge in [-0.15, -0.1) is 0 Å². The lowest BCUT2D eigenvalue weighted by molar-refractivity contribution is -0.137. The highest BCUT2D eigenvalue weighted by molar-refractivity contribution is 5.57. The van der Waals surface area contributed by atoms with Crippen LogP contribution >= 0.6 is 0 Å². The second-order valence-electron chi connectivity index (χ2n) is 3.74. The fourth-order valence-corrected chi connectivity index (χ4v) is 1.53. The Hall–Kier alpha value is -1.82. The van der Waals surface area contributed by atoms with Crippen LogP contribution in [0.3, 0.4) is 0 Å². The molecule has 0 atom stereocenters. The number of benzene rings is 1. The van der Waals surface area contributed by atoms with Crippen LogP contribution in [0.2, 0.25) is 0 Å². The van der Waals surface area contributed by atoms with E-state index in [1.165, 1.54) is 12.3 Å². The molecule has 96 valence electrons. The maximum Gasteiger partial charge on any atom is 0.416 e. The van der Waals surface area contributed by atoms with Crippen LogP contribution in [0.4, 0.5) is 13.2 Å². The molecule has 0 bridgehead atoms. The number of aromatic nitrogens is 1. The van der Waals surface area contributed by atoms with Crippen molar-refractivity contribution in [1.29, 1.82) is 0 Å². The molecule has 1 heterocycles. The van der Waals surface area contributed by atoms with Crippen molar-refractivity contribution in [2.75, 3.05) is 6.54 Å². The standard InChI is InChI=1S/C12H11F3N2O/c13-12(14,15)9-3-1-2-8(6-9)10-7-17-11(18-10)4-5-16/h1-3,6-7H,4-5,16H2. The summed E-state index contributed by atoms with van der Waals surface area (Å²) in [6, 6.07) is 4.93. The minimum absolute atomic E-state index is 0.310. The van der Waals surface area contributed by atoms with E-state index in [0.717, 1.165) is 12.1 Å². The van der Waals surface area contributed by atoms with Crippen LogP contribution in [0.25, 0.3) is 11.3 Å². The maximum atomic E-state index is 12.5. The Morgan fingerprint density at radius 3 is 2.72 bits per heavy atom. The van der Waals surface area contributed by atoms with Gasteiger partial charge >= 0.3 is 6.18 Å². The van der Waals surface area contributed by atoms with Gasteiger partial charge in [0.25, 0.3) is 0 Å². The van der Waals surface area contributed by atoms with E-state index in [0.29, 0.717) is 30.2 Å². The molecule has 0 radical (unpaired) electrons. The van der Waals surface area contributed by atoms with Gasteiger partial charge in [-0.2, -0.15) is 13.2 Å². The van der Waals surface area contributed by atoms with E-state index >= 15 is 0 Å². The molecule has 0 saturated carbocycles. The largest absolute Gasteiger partial charge is 0.441 e. The lowest BCUT2D eigenvalue weighted by Gasteiger charge is -2.07. The first-order valence-electron chi connectivity index (χ1n) is 5.33. The van der Waals surface area contributed by atoms with E-state index in [2.05, 4.69) is 4.98 Å². The summed E-state index contributed by atoms with van der Waals surface area (Å²) >= 11 is 0. The van der Waals surface area contributed by atoms with Gasteiger partial charge in [-0.3, -0.25) is 0 Å². The second kappa shape index (κ2) is 4.81. The Labute approximate surface area is 101 Å². The Balaban J connectivity index is 2.32. The molecule has 2 rings (SSSR count). The molecule has 0 aliphatic carbocycles. The summed E-state index contributed by atoms with van der Waals surface area (Å²) in [6.07, 6.45) is -2.50. The number of hydrogen-bond donors (Lipinski definition) is 1. The first kappa shape index (κ1) is 12.6. The van der Waals surface area contributed by atoms with Gasteiger partial charge in [0.05, 0.1) is 11.8 Å². The molecule has 0 spiro atoms. The van der Waals surface area contributed by atoms with Gasteiger partial charge in [0.1, 0.15) is 0 Å². The van der Waals surface area contributed by atoms with Crippen molar-refractivity contribution in [3.63, 3.8) is 0 Å². The fraction of sp³-hybridized carbons (Fsp3) is 0.250. The van der Waals surface area contributed by atoms with Crippen LogP contribution in [0.15, 0.2) is 34.9 Å². The summed E-state index contributed by atoms with van der Waals surface area (Å²) in [5.74, 6) is 0.731. The molecular formula is C12H11F3N2O. The van der Waals surface area contributed by atoms with Crippen molar-refractivity contribution in [1.82, 2.24) is 4.98 Å². The quantitative estimate of drug-likeness (QED) is 0.918. The average molecular weight is 256 g/mol. The third kappa shape index (κ3) is 2.70. The van der Waals surface area contributed by atoms with E-state index in [1.807, 2.05) is 0 Å². The Morgan fingerprint density at radius 1 is 1.28 bits per heavy atom. The zero-order valence-corrected chi connectivity index (χ0v) is 9.37. The molecule has 0 saturated heterocycles. The zero-order chi connectivity index (χ0) is 13.2. The van der Waals surface area contributed by atoms with Crippen LogP contribution in [-0.4, -0.2) is 11.5 Å². The van der Waals surface area contributed by atoms with Crippen molar-refractivity contribution in [3.8, 4) is 11.3 Å². The first-order valence-corrected chi connectivity index (χ1v) is 5.33. The van der Waals surface area contributed by atoms with Gasteiger partial charge in [-0.05, 0) is 12.1 Å². The van der Waals surface area contributed by atoms with Crippen LogP contribution in [-0.2, 0) is 12.6 Å². The van der Waals surface area contributed by atoms with E-state index < -0.39 is 11.7 Å². The van der Waals surface area contributed by atoms with E-state index in [4.69, 9.17) is 10.2 Å². The predicted molar refractivity (Wildman–Crippen MR) is 59.7 cm³/mol. The zero-order valence-electron chi connectivity index (χ0n) is 9.37. The number of nitrogens with two attached hydrogens (primary N) is 1. The summed E-state index contributed by atoms with van der Waals surface area (Å²) in [4.78, 5) is 3.95. The number of halogens is 3. The van der Waals surface area contributed by atoms with Gasteiger partial charge in [0.15, 0.2) is 11.7 Å². The highest BCUT2D eigenvalue weighted by Gasteiger charge is 2.30. The summed E-state index contributed by atoms with van der Waals surface area (Å²) in [5, 5.41) is 0.